The second-order valence-corrected chi connectivity index (χ2v) is 16.1. The Balaban J connectivity index is 0.000000158. The van der Waals surface area contributed by atoms with Crippen LogP contribution in [0.4, 0.5) is 43.7 Å². The van der Waals surface area contributed by atoms with Crippen LogP contribution in [-0.4, -0.2) is 87.9 Å². The Hall–Kier alpha value is -5.42. The zero-order chi connectivity index (χ0) is 42.9. The molecule has 6 heterocycles. The molecule has 3 saturated carbocycles. The second-order valence-electron chi connectivity index (χ2n) is 16.1. The number of rotatable bonds is 0. The number of anilines is 6. The van der Waals surface area contributed by atoms with Gasteiger partial charge in [-0.25, -0.2) is 18.7 Å². The number of benzene rings is 2. The maximum absolute atomic E-state index is 14.2. The van der Waals surface area contributed by atoms with Gasteiger partial charge < -0.3 is 51.1 Å². The summed E-state index contributed by atoms with van der Waals surface area (Å²) in [6.45, 7) is 2.11. The zero-order valence-corrected chi connectivity index (χ0v) is 35.1. The SMILES string of the molecule is Fc1cnc2nc1NC1CCC(CC1)OC/C=C/COc1cccc(c1)N2.Fc1cnc2nc1NC1CCC(CC1)OC/C=C\COc1cccc(c1)N2.NC1CCC(O)CC1. The fourth-order valence-electron chi connectivity index (χ4n) is 7.82. The average Bonchev–Trinajstić information content (AvgIpc) is 3.28. The van der Waals surface area contributed by atoms with Crippen molar-refractivity contribution in [1.29, 1.82) is 0 Å². The van der Waals surface area contributed by atoms with Crippen molar-refractivity contribution in [3.05, 3.63) is 96.9 Å². The summed E-state index contributed by atoms with van der Waals surface area (Å²) in [6.07, 6.45) is 22.0. The Bertz CT molecular complexity index is 1910. The monoisotopic (exact) mass is 855 g/mol. The van der Waals surface area contributed by atoms with Crippen LogP contribution in [0.2, 0.25) is 0 Å². The van der Waals surface area contributed by atoms with Gasteiger partial charge in [0.2, 0.25) is 11.9 Å². The molecule has 0 spiro atoms. The highest BCUT2D eigenvalue weighted by Gasteiger charge is 2.24. The Morgan fingerprint density at radius 3 is 1.44 bits per heavy atom. The van der Waals surface area contributed by atoms with Gasteiger partial charge in [-0.1, -0.05) is 24.3 Å². The summed E-state index contributed by atoms with van der Waals surface area (Å²) >= 11 is 0. The van der Waals surface area contributed by atoms with Crippen molar-refractivity contribution in [2.24, 2.45) is 5.73 Å². The van der Waals surface area contributed by atoms with Gasteiger partial charge in [0.1, 0.15) is 24.7 Å². The smallest absolute Gasteiger partial charge is 0.229 e. The molecule has 0 atom stereocenters. The van der Waals surface area contributed by atoms with Crippen molar-refractivity contribution in [2.45, 2.75) is 113 Å². The van der Waals surface area contributed by atoms with Crippen LogP contribution in [0.1, 0.15) is 77.0 Å². The van der Waals surface area contributed by atoms with Crippen LogP contribution in [-0.2, 0) is 9.47 Å². The Morgan fingerprint density at radius 1 is 0.565 bits per heavy atom. The number of nitrogens with zero attached hydrogens (tertiary/aromatic N) is 4. The largest absolute Gasteiger partial charge is 0.489 e. The molecule has 4 aliphatic heterocycles. The summed E-state index contributed by atoms with van der Waals surface area (Å²) in [6, 6.07) is 15.7. The molecule has 7 aliphatic rings. The maximum atomic E-state index is 14.2. The van der Waals surface area contributed by atoms with Crippen LogP contribution in [0.3, 0.4) is 0 Å². The first kappa shape index (κ1) is 44.6. The van der Waals surface area contributed by atoms with Crippen LogP contribution in [0.15, 0.2) is 85.2 Å². The molecule has 4 aromatic rings. The van der Waals surface area contributed by atoms with Gasteiger partial charge in [-0.2, -0.15) is 9.97 Å². The summed E-state index contributed by atoms with van der Waals surface area (Å²) in [7, 11) is 0. The predicted molar refractivity (Wildman–Crippen MR) is 236 cm³/mol. The normalized spacial score (nSPS) is 25.9. The maximum Gasteiger partial charge on any atom is 0.229 e. The summed E-state index contributed by atoms with van der Waals surface area (Å²) in [5.41, 5.74) is 7.14. The van der Waals surface area contributed by atoms with Gasteiger partial charge in [0.15, 0.2) is 23.3 Å². The van der Waals surface area contributed by atoms with Crippen LogP contribution < -0.4 is 36.5 Å². The van der Waals surface area contributed by atoms with Gasteiger partial charge in [0, 0.05) is 41.6 Å². The standard InChI is InChI=1S/2C20H23FN4O2.C6H13NO/c2*21-18-13-22-20-24-15-4-3-5-17(12-15)27-11-2-1-10-26-16-8-6-14(7-9-16)23-19(18)25-20;7-5-1-3-6(8)4-2-5/h2*1-5,12-14,16H,6-11H2,(H2,22,23,24,25);5-6,8H,1-4,7H2/b2-1+;2-1-;. The molecule has 62 heavy (non-hydrogen) atoms. The minimum Gasteiger partial charge on any atom is -0.489 e. The molecular weight excluding hydrogens is 797 g/mol. The highest BCUT2D eigenvalue weighted by molar-refractivity contribution is 5.58. The van der Waals surface area contributed by atoms with Gasteiger partial charge in [-0.3, -0.25) is 0 Å². The number of aliphatic hydroxyl groups excluding tert-OH is 1. The van der Waals surface area contributed by atoms with E-state index in [-0.39, 0.29) is 42.0 Å². The molecule has 2 aromatic heterocycles. The van der Waals surface area contributed by atoms with Crippen molar-refractivity contribution in [3.63, 3.8) is 0 Å². The molecule has 12 bridgehead atoms. The van der Waals surface area contributed by atoms with Crippen molar-refractivity contribution in [2.75, 3.05) is 47.7 Å². The van der Waals surface area contributed by atoms with Gasteiger partial charge in [0.05, 0.1) is 43.9 Å². The molecule has 7 N–H and O–H groups in total. The number of hydrogen-bond donors (Lipinski definition) is 6. The molecular formula is C46H59F2N9O5. The Morgan fingerprint density at radius 2 is 1.00 bits per heavy atom. The number of aromatic nitrogens is 4. The van der Waals surface area contributed by atoms with Crippen molar-refractivity contribution >= 4 is 34.9 Å². The van der Waals surface area contributed by atoms with E-state index in [1.807, 2.05) is 72.8 Å². The fourth-order valence-corrected chi connectivity index (χ4v) is 7.82. The summed E-state index contributed by atoms with van der Waals surface area (Å²) in [5, 5.41) is 21.6. The van der Waals surface area contributed by atoms with Gasteiger partial charge in [-0.05, 0) is 113 Å². The highest BCUT2D eigenvalue weighted by Crippen LogP contribution is 2.28. The molecule has 14 nitrogen and oxygen atoms in total. The first-order valence-electron chi connectivity index (χ1n) is 21.9. The van der Waals surface area contributed by atoms with Gasteiger partial charge >= 0.3 is 0 Å². The lowest BCUT2D eigenvalue weighted by molar-refractivity contribution is 0.0439. The molecule has 3 aliphatic carbocycles. The fraction of sp³-hybridized carbons (Fsp3) is 0.478. The second kappa shape index (κ2) is 23.1. The topological polar surface area (TPSA) is 183 Å². The minimum absolute atomic E-state index is 0.0604. The molecule has 3 fully saturated rings. The third-order valence-electron chi connectivity index (χ3n) is 11.3. The van der Waals surface area contributed by atoms with Crippen LogP contribution in [0.25, 0.3) is 0 Å². The molecule has 332 valence electrons. The van der Waals surface area contributed by atoms with Crippen molar-refractivity contribution in [1.82, 2.24) is 19.9 Å². The van der Waals surface area contributed by atoms with Crippen molar-refractivity contribution in [3.8, 4) is 11.5 Å². The zero-order valence-electron chi connectivity index (χ0n) is 35.1. The first-order valence-corrected chi connectivity index (χ1v) is 21.9. The molecule has 16 heteroatoms. The number of aliphatic hydroxyl groups is 1. The van der Waals surface area contributed by atoms with E-state index in [1.165, 1.54) is 12.4 Å². The molecule has 2 aromatic carbocycles. The first-order chi connectivity index (χ1) is 30.3. The summed E-state index contributed by atoms with van der Waals surface area (Å²) in [5.74, 6) is 1.70. The number of ether oxygens (including phenoxy) is 4. The number of halogens is 2. The summed E-state index contributed by atoms with van der Waals surface area (Å²) < 4.78 is 51.6. The number of nitrogens with two attached hydrogens (primary N) is 1. The van der Waals surface area contributed by atoms with Crippen LogP contribution in [0, 0.1) is 11.6 Å². The lowest BCUT2D eigenvalue weighted by Gasteiger charge is -2.29. The molecule has 0 radical (unpaired) electrons. The van der Waals surface area contributed by atoms with E-state index >= 15 is 0 Å². The number of fused-ring (bicyclic) bond motifs is 12. The third kappa shape index (κ3) is 14.3. The highest BCUT2D eigenvalue weighted by atomic mass is 19.1. The average molecular weight is 856 g/mol. The van der Waals surface area contributed by atoms with E-state index in [0.717, 1.165) is 99.9 Å². The minimum atomic E-state index is -0.449. The van der Waals surface area contributed by atoms with Gasteiger partial charge in [-0.15, -0.1) is 0 Å². The van der Waals surface area contributed by atoms with Crippen LogP contribution in [0.5, 0.6) is 11.5 Å². The van der Waals surface area contributed by atoms with E-state index < -0.39 is 11.6 Å². The molecule has 0 saturated heterocycles. The third-order valence-corrected chi connectivity index (χ3v) is 11.3. The van der Waals surface area contributed by atoms with Gasteiger partial charge in [0.25, 0.3) is 0 Å². The summed E-state index contributed by atoms with van der Waals surface area (Å²) in [4.78, 5) is 16.7. The molecule has 11 rings (SSSR count). The Labute approximate surface area is 362 Å². The van der Waals surface area contributed by atoms with E-state index in [4.69, 9.17) is 29.8 Å². The van der Waals surface area contributed by atoms with Crippen LogP contribution >= 0.6 is 0 Å². The van der Waals surface area contributed by atoms with E-state index in [0.29, 0.717) is 44.4 Å². The van der Waals surface area contributed by atoms with E-state index in [9.17, 15) is 8.78 Å². The molecule has 0 unspecified atom stereocenters. The Kier molecular flexibility index (Phi) is 16.7. The lowest BCUT2D eigenvalue weighted by Crippen LogP contribution is -2.30. The van der Waals surface area contributed by atoms with E-state index in [2.05, 4.69) is 41.2 Å². The van der Waals surface area contributed by atoms with E-state index in [1.54, 1.807) is 0 Å². The van der Waals surface area contributed by atoms with Crippen molar-refractivity contribution < 1.29 is 32.8 Å². The number of nitrogens with one attached hydrogen (secondary N) is 4. The quantitative estimate of drug-likeness (QED) is 0.0929. The number of hydrogen-bond acceptors (Lipinski definition) is 14. The lowest BCUT2D eigenvalue weighted by atomic mass is 9.93. The predicted octanol–water partition coefficient (Wildman–Crippen LogP) is 8.34. The molecule has 0 amide bonds.